The van der Waals surface area contributed by atoms with Gasteiger partial charge in [-0.15, -0.1) is 0 Å². The topological polar surface area (TPSA) is 103 Å². The van der Waals surface area contributed by atoms with E-state index in [1.165, 1.54) is 45.1 Å². The summed E-state index contributed by atoms with van der Waals surface area (Å²) in [6.45, 7) is 3.03. The molecule has 2 rings (SSSR count). The van der Waals surface area contributed by atoms with E-state index in [-0.39, 0.29) is 0 Å². The number of aromatic nitrogens is 2. The predicted octanol–water partition coefficient (Wildman–Crippen LogP) is 1.97. The Kier molecular flexibility index (Phi) is 4.77. The van der Waals surface area contributed by atoms with Crippen LogP contribution in [0.5, 0.6) is 11.5 Å². The van der Waals surface area contributed by atoms with E-state index in [9.17, 15) is 14.7 Å². The molecule has 1 aromatic carbocycles. The number of rotatable bonds is 6. The zero-order chi connectivity index (χ0) is 17.9. The number of carbonyl (C=O) groups is 2. The van der Waals surface area contributed by atoms with Gasteiger partial charge < -0.3 is 19.9 Å². The molecule has 0 fully saturated rings. The quantitative estimate of drug-likeness (QED) is 0.838. The molecule has 0 aliphatic heterocycles. The highest BCUT2D eigenvalue weighted by atomic mass is 16.5. The second kappa shape index (κ2) is 6.61. The van der Waals surface area contributed by atoms with Crippen LogP contribution in [0.4, 0.5) is 5.69 Å². The van der Waals surface area contributed by atoms with Crippen molar-refractivity contribution >= 4 is 17.6 Å². The molecule has 2 N–H and O–H groups in total. The van der Waals surface area contributed by atoms with Gasteiger partial charge in [0.1, 0.15) is 0 Å². The van der Waals surface area contributed by atoms with E-state index < -0.39 is 17.4 Å². The molecule has 0 atom stereocenters. The van der Waals surface area contributed by atoms with E-state index in [2.05, 4.69) is 10.4 Å². The van der Waals surface area contributed by atoms with Crippen LogP contribution in [0.2, 0.25) is 0 Å². The van der Waals surface area contributed by atoms with Gasteiger partial charge in [0.25, 0.3) is 5.91 Å². The van der Waals surface area contributed by atoms with Gasteiger partial charge in [0.15, 0.2) is 17.0 Å². The third kappa shape index (κ3) is 3.17. The highest BCUT2D eigenvalue weighted by molar-refractivity contribution is 6.06. The standard InChI is InChI=1S/C16H19N3O5/c1-16(2,15(21)22)19-9-10(8-17-19)18-14(20)11-6-5-7-12(23-3)13(11)24-4/h5-9H,1-4H3,(H,18,20)(H,21,22). The van der Waals surface area contributed by atoms with Gasteiger partial charge in [-0.25, -0.2) is 4.79 Å². The molecule has 8 heteroatoms. The number of para-hydroxylation sites is 1. The summed E-state index contributed by atoms with van der Waals surface area (Å²) in [6, 6.07) is 4.96. The fraction of sp³-hybridized carbons (Fsp3) is 0.312. The first kappa shape index (κ1) is 17.3. The summed E-state index contributed by atoms with van der Waals surface area (Å²) < 4.78 is 11.7. The van der Waals surface area contributed by atoms with Crippen molar-refractivity contribution in [2.75, 3.05) is 19.5 Å². The lowest BCUT2D eigenvalue weighted by Gasteiger charge is -2.19. The molecule has 24 heavy (non-hydrogen) atoms. The predicted molar refractivity (Wildman–Crippen MR) is 86.7 cm³/mol. The molecule has 0 radical (unpaired) electrons. The summed E-state index contributed by atoms with van der Waals surface area (Å²) in [5.74, 6) is -0.694. The average Bonchev–Trinajstić information content (AvgIpc) is 3.02. The van der Waals surface area contributed by atoms with Crippen LogP contribution in [0.1, 0.15) is 24.2 Å². The Morgan fingerprint density at radius 1 is 1.25 bits per heavy atom. The van der Waals surface area contributed by atoms with Crippen LogP contribution < -0.4 is 14.8 Å². The van der Waals surface area contributed by atoms with Crippen LogP contribution in [0.3, 0.4) is 0 Å². The lowest BCUT2D eigenvalue weighted by Crippen LogP contribution is -2.35. The van der Waals surface area contributed by atoms with Crippen LogP contribution in [-0.2, 0) is 10.3 Å². The summed E-state index contributed by atoms with van der Waals surface area (Å²) in [5, 5.41) is 15.9. The SMILES string of the molecule is COc1cccc(C(=O)Nc2cnn(C(C)(C)C(=O)O)c2)c1OC. The minimum Gasteiger partial charge on any atom is -0.493 e. The van der Waals surface area contributed by atoms with Crippen molar-refractivity contribution in [2.24, 2.45) is 0 Å². The maximum Gasteiger partial charge on any atom is 0.331 e. The number of carboxylic acid groups (broad SMARTS) is 1. The summed E-state index contributed by atoms with van der Waals surface area (Å²) in [6.07, 6.45) is 2.84. The molecule has 0 saturated heterocycles. The lowest BCUT2D eigenvalue weighted by atomic mass is 10.1. The number of benzene rings is 1. The summed E-state index contributed by atoms with van der Waals surface area (Å²) >= 11 is 0. The van der Waals surface area contributed by atoms with E-state index in [1.807, 2.05) is 0 Å². The Bertz CT molecular complexity index is 767. The molecule has 0 saturated carbocycles. The highest BCUT2D eigenvalue weighted by Crippen LogP contribution is 2.31. The van der Waals surface area contributed by atoms with Crippen LogP contribution in [0, 0.1) is 0 Å². The zero-order valence-corrected chi connectivity index (χ0v) is 13.9. The van der Waals surface area contributed by atoms with Crippen molar-refractivity contribution in [1.82, 2.24) is 9.78 Å². The Hall–Kier alpha value is -3.03. The normalized spacial score (nSPS) is 11.0. The monoisotopic (exact) mass is 333 g/mol. The number of ether oxygens (including phenoxy) is 2. The second-order valence-electron chi connectivity index (χ2n) is 5.53. The van der Waals surface area contributed by atoms with Gasteiger partial charge in [0.05, 0.1) is 31.7 Å². The second-order valence-corrected chi connectivity index (χ2v) is 5.53. The first-order valence-corrected chi connectivity index (χ1v) is 7.12. The molecular weight excluding hydrogens is 314 g/mol. The third-order valence-corrected chi connectivity index (χ3v) is 3.58. The Balaban J connectivity index is 2.26. The third-order valence-electron chi connectivity index (χ3n) is 3.58. The van der Waals surface area contributed by atoms with Gasteiger partial charge in [0, 0.05) is 6.20 Å². The molecule has 0 aliphatic carbocycles. The fourth-order valence-electron chi connectivity index (χ4n) is 2.06. The molecule has 1 amide bonds. The van der Waals surface area contributed by atoms with Gasteiger partial charge in [-0.2, -0.15) is 5.10 Å². The molecule has 0 spiro atoms. The van der Waals surface area contributed by atoms with Crippen molar-refractivity contribution in [3.63, 3.8) is 0 Å². The molecule has 0 unspecified atom stereocenters. The van der Waals surface area contributed by atoms with Crippen molar-refractivity contribution < 1.29 is 24.2 Å². The molecule has 8 nitrogen and oxygen atoms in total. The summed E-state index contributed by atoms with van der Waals surface area (Å²) in [4.78, 5) is 23.7. The van der Waals surface area contributed by atoms with Crippen LogP contribution in [0.15, 0.2) is 30.6 Å². The first-order chi connectivity index (χ1) is 11.3. The Labute approximate surface area is 139 Å². The van der Waals surface area contributed by atoms with Crippen molar-refractivity contribution in [3.8, 4) is 11.5 Å². The Morgan fingerprint density at radius 3 is 2.54 bits per heavy atom. The van der Waals surface area contributed by atoms with Gasteiger partial charge in [-0.05, 0) is 26.0 Å². The first-order valence-electron chi connectivity index (χ1n) is 7.12. The number of carboxylic acids is 1. The minimum absolute atomic E-state index is 0.294. The molecule has 0 aliphatic rings. The largest absolute Gasteiger partial charge is 0.493 e. The molecule has 128 valence electrons. The smallest absolute Gasteiger partial charge is 0.331 e. The van der Waals surface area contributed by atoms with Crippen LogP contribution >= 0.6 is 0 Å². The number of nitrogens with zero attached hydrogens (tertiary/aromatic N) is 2. The van der Waals surface area contributed by atoms with E-state index in [4.69, 9.17) is 9.47 Å². The maximum atomic E-state index is 12.5. The minimum atomic E-state index is -1.23. The van der Waals surface area contributed by atoms with Crippen LogP contribution in [-0.4, -0.2) is 41.0 Å². The highest BCUT2D eigenvalue weighted by Gasteiger charge is 2.30. The van der Waals surface area contributed by atoms with Gasteiger partial charge in [-0.3, -0.25) is 9.48 Å². The maximum absolute atomic E-state index is 12.5. The van der Waals surface area contributed by atoms with E-state index in [1.54, 1.807) is 18.2 Å². The van der Waals surface area contributed by atoms with E-state index in [0.29, 0.717) is 22.7 Å². The van der Waals surface area contributed by atoms with E-state index >= 15 is 0 Å². The van der Waals surface area contributed by atoms with Crippen molar-refractivity contribution in [1.29, 1.82) is 0 Å². The number of hydrogen-bond donors (Lipinski definition) is 2. The lowest BCUT2D eigenvalue weighted by molar-refractivity contribution is -0.146. The van der Waals surface area contributed by atoms with Crippen molar-refractivity contribution in [3.05, 3.63) is 36.2 Å². The summed E-state index contributed by atoms with van der Waals surface area (Å²) in [7, 11) is 2.93. The number of carbonyl (C=O) groups excluding carboxylic acids is 1. The van der Waals surface area contributed by atoms with Gasteiger partial charge in [-0.1, -0.05) is 6.07 Å². The number of aliphatic carboxylic acids is 1. The number of hydrogen-bond acceptors (Lipinski definition) is 5. The number of nitrogens with one attached hydrogen (secondary N) is 1. The van der Waals surface area contributed by atoms with Crippen molar-refractivity contribution in [2.45, 2.75) is 19.4 Å². The molecular formula is C16H19N3O5. The number of amides is 1. The van der Waals surface area contributed by atoms with Crippen LogP contribution in [0.25, 0.3) is 0 Å². The number of anilines is 1. The molecule has 1 heterocycles. The average molecular weight is 333 g/mol. The Morgan fingerprint density at radius 2 is 1.96 bits per heavy atom. The fourth-order valence-corrected chi connectivity index (χ4v) is 2.06. The van der Waals surface area contributed by atoms with Gasteiger partial charge in [0.2, 0.25) is 0 Å². The van der Waals surface area contributed by atoms with Gasteiger partial charge >= 0.3 is 5.97 Å². The molecule has 2 aromatic rings. The summed E-state index contributed by atoms with van der Waals surface area (Å²) in [5.41, 5.74) is -0.558. The molecule has 1 aromatic heterocycles. The van der Waals surface area contributed by atoms with E-state index in [0.717, 1.165) is 0 Å². The number of methoxy groups -OCH3 is 2. The molecule has 0 bridgehead atoms. The zero-order valence-electron chi connectivity index (χ0n) is 13.9.